The molecule has 2 fully saturated rings. The summed E-state index contributed by atoms with van der Waals surface area (Å²) < 4.78 is 5.72. The fourth-order valence-corrected chi connectivity index (χ4v) is 5.09. The van der Waals surface area contributed by atoms with Crippen LogP contribution in [0.3, 0.4) is 0 Å². The minimum atomic E-state index is 0.272. The van der Waals surface area contributed by atoms with Gasteiger partial charge < -0.3 is 25.6 Å². The van der Waals surface area contributed by atoms with E-state index in [0.717, 1.165) is 86.9 Å². The van der Waals surface area contributed by atoms with E-state index in [1.165, 1.54) is 31.6 Å². The van der Waals surface area contributed by atoms with Crippen molar-refractivity contribution < 1.29 is 4.74 Å². The van der Waals surface area contributed by atoms with Gasteiger partial charge in [-0.05, 0) is 76.0 Å². The summed E-state index contributed by atoms with van der Waals surface area (Å²) >= 11 is 0. The number of ether oxygens (including phenoxy) is 1. The van der Waals surface area contributed by atoms with Crippen molar-refractivity contribution >= 4 is 11.5 Å². The number of fused-ring (bicyclic) bond motifs is 1. The van der Waals surface area contributed by atoms with Gasteiger partial charge in [0.1, 0.15) is 5.82 Å². The largest absolute Gasteiger partial charge is 0.376 e. The number of hydrogen-bond acceptors (Lipinski definition) is 7. The van der Waals surface area contributed by atoms with Crippen LogP contribution in [0.2, 0.25) is 0 Å². The highest BCUT2D eigenvalue weighted by Crippen LogP contribution is 2.28. The quantitative estimate of drug-likeness (QED) is 0.646. The van der Waals surface area contributed by atoms with E-state index in [4.69, 9.17) is 20.4 Å². The van der Waals surface area contributed by atoms with Crippen molar-refractivity contribution in [2.24, 2.45) is 5.73 Å². The first-order valence-corrected chi connectivity index (χ1v) is 12.3. The molecule has 1 aromatic carbocycles. The summed E-state index contributed by atoms with van der Waals surface area (Å²) in [5, 5.41) is 3.59. The summed E-state index contributed by atoms with van der Waals surface area (Å²) in [5.74, 6) is 1.74. The first-order valence-electron chi connectivity index (χ1n) is 12.3. The van der Waals surface area contributed by atoms with E-state index >= 15 is 0 Å². The molecule has 3 N–H and O–H groups in total. The van der Waals surface area contributed by atoms with E-state index in [9.17, 15) is 0 Å². The number of nitrogens with two attached hydrogens (primary N) is 1. The molecule has 4 heterocycles. The highest BCUT2D eigenvalue weighted by atomic mass is 16.5. The molecule has 7 nitrogen and oxygen atoms in total. The Morgan fingerprint density at radius 2 is 1.91 bits per heavy atom. The molecule has 0 amide bonds. The molecule has 0 unspecified atom stereocenters. The van der Waals surface area contributed by atoms with Gasteiger partial charge in [0.2, 0.25) is 0 Å². The smallest absolute Gasteiger partial charge is 0.161 e. The molecule has 0 saturated carbocycles. The molecule has 0 bridgehead atoms. The Kier molecular flexibility index (Phi) is 6.86. The third kappa shape index (κ3) is 5.05. The normalized spacial score (nSPS) is 21.5. The predicted octanol–water partition coefficient (Wildman–Crippen LogP) is 3.04. The lowest BCUT2D eigenvalue weighted by atomic mass is 10.1. The molecule has 172 valence electrons. The number of nitrogens with one attached hydrogen (secondary N) is 1. The minimum Gasteiger partial charge on any atom is -0.376 e. The lowest BCUT2D eigenvalue weighted by Gasteiger charge is -2.32. The average Bonchev–Trinajstić information content (AvgIpc) is 3.35. The summed E-state index contributed by atoms with van der Waals surface area (Å²) in [4.78, 5) is 14.8. The molecule has 2 saturated heterocycles. The summed E-state index contributed by atoms with van der Waals surface area (Å²) in [7, 11) is 0. The van der Waals surface area contributed by atoms with Crippen LogP contribution in [0, 0.1) is 0 Å². The van der Waals surface area contributed by atoms with Gasteiger partial charge in [0, 0.05) is 48.9 Å². The number of benzene rings is 1. The van der Waals surface area contributed by atoms with Crippen LogP contribution in [0.15, 0.2) is 24.3 Å². The number of aromatic nitrogens is 2. The zero-order valence-electron chi connectivity index (χ0n) is 19.1. The van der Waals surface area contributed by atoms with E-state index in [0.29, 0.717) is 6.61 Å². The highest BCUT2D eigenvalue weighted by Gasteiger charge is 2.20. The van der Waals surface area contributed by atoms with E-state index in [-0.39, 0.29) is 6.04 Å². The summed E-state index contributed by atoms with van der Waals surface area (Å²) in [5.41, 5.74) is 10.7. The minimum absolute atomic E-state index is 0.272. The van der Waals surface area contributed by atoms with Crippen molar-refractivity contribution in [3.05, 3.63) is 35.5 Å². The van der Waals surface area contributed by atoms with Crippen molar-refractivity contribution in [3.63, 3.8) is 0 Å². The van der Waals surface area contributed by atoms with Crippen molar-refractivity contribution in [1.82, 2.24) is 14.9 Å². The Hall–Kier alpha value is -2.22. The Bertz CT molecular complexity index is 896. The van der Waals surface area contributed by atoms with Gasteiger partial charge in [0.05, 0.1) is 18.9 Å². The third-order valence-corrected chi connectivity index (χ3v) is 6.91. The molecule has 32 heavy (non-hydrogen) atoms. The molecule has 3 aliphatic heterocycles. The molecular formula is C25H36N6O. The van der Waals surface area contributed by atoms with Crippen molar-refractivity contribution in [2.75, 3.05) is 56.1 Å². The number of anilines is 2. The van der Waals surface area contributed by atoms with Gasteiger partial charge >= 0.3 is 0 Å². The van der Waals surface area contributed by atoms with Gasteiger partial charge in [-0.3, -0.25) is 0 Å². The lowest BCUT2D eigenvalue weighted by Crippen LogP contribution is -2.42. The van der Waals surface area contributed by atoms with E-state index in [1.807, 2.05) is 0 Å². The zero-order valence-corrected chi connectivity index (χ0v) is 19.1. The molecule has 0 spiro atoms. The summed E-state index contributed by atoms with van der Waals surface area (Å²) in [6.07, 6.45) is 6.94. The molecule has 0 radical (unpaired) electrons. The van der Waals surface area contributed by atoms with Crippen molar-refractivity contribution in [3.8, 4) is 11.4 Å². The van der Waals surface area contributed by atoms with Crippen LogP contribution >= 0.6 is 0 Å². The first-order chi connectivity index (χ1) is 15.8. The van der Waals surface area contributed by atoms with E-state index in [2.05, 4.69) is 39.4 Å². The van der Waals surface area contributed by atoms with E-state index < -0.39 is 0 Å². The molecule has 1 atom stereocenters. The number of hydrogen-bond donors (Lipinski definition) is 2. The van der Waals surface area contributed by atoms with Gasteiger partial charge in [-0.2, -0.15) is 0 Å². The van der Waals surface area contributed by atoms with Crippen LogP contribution in [-0.4, -0.2) is 66.8 Å². The summed E-state index contributed by atoms with van der Waals surface area (Å²) in [6.45, 7) is 7.91. The Morgan fingerprint density at radius 1 is 1.06 bits per heavy atom. The van der Waals surface area contributed by atoms with Gasteiger partial charge in [0.25, 0.3) is 0 Å². The predicted molar refractivity (Wildman–Crippen MR) is 129 cm³/mol. The Labute approximate surface area is 191 Å². The Morgan fingerprint density at radius 3 is 2.72 bits per heavy atom. The summed E-state index contributed by atoms with van der Waals surface area (Å²) in [6, 6.07) is 8.93. The van der Waals surface area contributed by atoms with Gasteiger partial charge in [-0.15, -0.1) is 0 Å². The number of nitrogens with zero attached hydrogens (tertiary/aromatic N) is 4. The maximum atomic E-state index is 6.17. The number of rotatable bonds is 7. The van der Waals surface area contributed by atoms with Crippen LogP contribution in [0.25, 0.3) is 11.4 Å². The lowest BCUT2D eigenvalue weighted by molar-refractivity contribution is 0.109. The maximum Gasteiger partial charge on any atom is 0.161 e. The van der Waals surface area contributed by atoms with Crippen molar-refractivity contribution in [2.45, 2.75) is 51.2 Å². The topological polar surface area (TPSA) is 79.5 Å². The zero-order chi connectivity index (χ0) is 21.8. The average molecular weight is 437 g/mol. The molecule has 2 aromatic rings. The molecule has 3 aliphatic rings. The van der Waals surface area contributed by atoms with Gasteiger partial charge in [0.15, 0.2) is 5.82 Å². The second kappa shape index (κ2) is 10.1. The van der Waals surface area contributed by atoms with Crippen molar-refractivity contribution in [1.29, 1.82) is 0 Å². The van der Waals surface area contributed by atoms with E-state index in [1.54, 1.807) is 0 Å². The van der Waals surface area contributed by atoms with Crippen LogP contribution in [0.1, 0.15) is 43.4 Å². The number of piperidine rings is 1. The standard InChI is InChI=1S/C25H36N6O/c26-20-5-3-15-31(17-20)21-8-6-19(7-9-21)24-28-23-10-16-32-18-22(23)25(29-24)27-11-4-14-30-12-1-2-13-30/h6-9,20H,1-5,10-18,26H2,(H,27,28,29)/t20-/m0/s1. The second-order valence-corrected chi connectivity index (χ2v) is 9.35. The Balaban J connectivity index is 1.30. The number of likely N-dealkylation sites (tertiary alicyclic amines) is 1. The van der Waals surface area contributed by atoms with Gasteiger partial charge in [-0.25, -0.2) is 9.97 Å². The SMILES string of the molecule is N[C@H]1CCCN(c2ccc(-c3nc4c(c(NCCCN5CCCC5)n3)COCC4)cc2)C1. The fourth-order valence-electron chi connectivity index (χ4n) is 5.09. The van der Waals surface area contributed by atoms with Crippen LogP contribution in [-0.2, 0) is 17.8 Å². The fraction of sp³-hybridized carbons (Fsp3) is 0.600. The first kappa shape index (κ1) is 21.6. The molecule has 1 aromatic heterocycles. The molecule has 5 rings (SSSR count). The third-order valence-electron chi connectivity index (χ3n) is 6.91. The van der Waals surface area contributed by atoms with Crippen LogP contribution in [0.4, 0.5) is 11.5 Å². The molecule has 7 heteroatoms. The van der Waals surface area contributed by atoms with Gasteiger partial charge in [-0.1, -0.05) is 0 Å². The monoisotopic (exact) mass is 436 g/mol. The maximum absolute atomic E-state index is 6.17. The highest BCUT2D eigenvalue weighted by molar-refractivity contribution is 5.63. The van der Waals surface area contributed by atoms with Crippen LogP contribution in [0.5, 0.6) is 0 Å². The second-order valence-electron chi connectivity index (χ2n) is 9.35. The molecular weight excluding hydrogens is 400 g/mol. The molecule has 0 aliphatic carbocycles. The van der Waals surface area contributed by atoms with Crippen LogP contribution < -0.4 is 16.0 Å².